The maximum Gasteiger partial charge on any atom is 0.282 e. The van der Waals surface area contributed by atoms with Gasteiger partial charge in [0.25, 0.3) is 11.8 Å². The van der Waals surface area contributed by atoms with E-state index in [-0.39, 0.29) is 5.91 Å². The molecule has 0 N–H and O–H groups in total. The molecule has 1 aliphatic heterocycles. The van der Waals surface area contributed by atoms with Crippen molar-refractivity contribution < 1.29 is 14.0 Å². The summed E-state index contributed by atoms with van der Waals surface area (Å²) in [5.41, 5.74) is 4.72. The molecule has 2 amide bonds. The standard InChI is InChI=1S/C27H26FN3O2/c1-4-30(17-14-20-12-15-29-16-13-20)25-24(21-8-10-22(28)11-9-21)26(32)31(27(25)33)23-7-5-6-18(2)19(23)3/h5-13,15-16H,4,14,17H2,1-3H3. The van der Waals surface area contributed by atoms with Crippen LogP contribution >= 0.6 is 0 Å². The molecule has 33 heavy (non-hydrogen) atoms. The summed E-state index contributed by atoms with van der Waals surface area (Å²) in [4.78, 5) is 34.7. The molecule has 0 bridgehead atoms. The number of nitrogens with zero attached hydrogens (tertiary/aromatic N) is 3. The van der Waals surface area contributed by atoms with Gasteiger partial charge in [0.2, 0.25) is 0 Å². The van der Waals surface area contributed by atoms with E-state index in [2.05, 4.69) is 4.98 Å². The predicted molar refractivity (Wildman–Crippen MR) is 127 cm³/mol. The molecule has 0 aliphatic carbocycles. The van der Waals surface area contributed by atoms with Crippen LogP contribution in [-0.2, 0) is 16.0 Å². The van der Waals surface area contributed by atoms with Crippen LogP contribution in [0.2, 0.25) is 0 Å². The largest absolute Gasteiger partial charge is 0.366 e. The van der Waals surface area contributed by atoms with E-state index in [1.165, 1.54) is 17.0 Å². The number of carbonyl (C=O) groups is 2. The van der Waals surface area contributed by atoms with Gasteiger partial charge < -0.3 is 4.90 Å². The van der Waals surface area contributed by atoms with E-state index in [4.69, 9.17) is 0 Å². The Balaban J connectivity index is 1.79. The Hall–Kier alpha value is -3.80. The van der Waals surface area contributed by atoms with Crippen LogP contribution in [0.1, 0.15) is 29.2 Å². The lowest BCUT2D eigenvalue weighted by molar-refractivity contribution is -0.120. The summed E-state index contributed by atoms with van der Waals surface area (Å²) in [7, 11) is 0. The van der Waals surface area contributed by atoms with Gasteiger partial charge in [0.1, 0.15) is 11.5 Å². The van der Waals surface area contributed by atoms with Gasteiger partial charge in [0.05, 0.1) is 11.3 Å². The molecule has 0 saturated carbocycles. The van der Waals surface area contributed by atoms with Gasteiger partial charge in [0, 0.05) is 25.5 Å². The van der Waals surface area contributed by atoms with Gasteiger partial charge in [0.15, 0.2) is 0 Å². The molecule has 1 aromatic heterocycles. The lowest BCUT2D eigenvalue weighted by Crippen LogP contribution is -2.36. The van der Waals surface area contributed by atoms with Crippen LogP contribution in [0.3, 0.4) is 0 Å². The first-order valence-electron chi connectivity index (χ1n) is 11.0. The number of hydrogen-bond acceptors (Lipinski definition) is 4. The molecule has 4 rings (SSSR count). The second-order valence-electron chi connectivity index (χ2n) is 8.08. The Morgan fingerprint density at radius 2 is 1.64 bits per heavy atom. The van der Waals surface area contributed by atoms with Gasteiger partial charge in [-0.2, -0.15) is 0 Å². The summed E-state index contributed by atoms with van der Waals surface area (Å²) in [6, 6.07) is 15.2. The molecule has 0 fully saturated rings. The zero-order chi connectivity index (χ0) is 23.5. The number of hydrogen-bond donors (Lipinski definition) is 0. The monoisotopic (exact) mass is 443 g/mol. The first kappa shape index (κ1) is 22.4. The third kappa shape index (κ3) is 4.29. The van der Waals surface area contributed by atoms with Crippen molar-refractivity contribution >= 4 is 23.1 Å². The van der Waals surface area contributed by atoms with Crippen molar-refractivity contribution in [2.45, 2.75) is 27.2 Å². The molecule has 6 heteroatoms. The molecule has 0 atom stereocenters. The Morgan fingerprint density at radius 1 is 0.939 bits per heavy atom. The fourth-order valence-electron chi connectivity index (χ4n) is 4.13. The fraction of sp³-hybridized carbons (Fsp3) is 0.222. The maximum absolute atomic E-state index is 13.8. The number of carbonyl (C=O) groups excluding carboxylic acids is 2. The van der Waals surface area contributed by atoms with Crippen LogP contribution in [0.5, 0.6) is 0 Å². The van der Waals surface area contributed by atoms with E-state index < -0.39 is 11.7 Å². The van der Waals surface area contributed by atoms with Crippen LogP contribution in [0.4, 0.5) is 10.1 Å². The normalized spacial score (nSPS) is 13.8. The third-order valence-corrected chi connectivity index (χ3v) is 6.13. The summed E-state index contributed by atoms with van der Waals surface area (Å²) >= 11 is 0. The van der Waals surface area contributed by atoms with Gasteiger partial charge in [-0.05, 0) is 79.8 Å². The van der Waals surface area contributed by atoms with Crippen molar-refractivity contribution in [3.05, 3.63) is 101 Å². The summed E-state index contributed by atoms with van der Waals surface area (Å²) in [6.45, 7) is 6.92. The predicted octanol–water partition coefficient (Wildman–Crippen LogP) is 4.69. The van der Waals surface area contributed by atoms with E-state index >= 15 is 0 Å². The molecular weight excluding hydrogens is 417 g/mol. The zero-order valence-electron chi connectivity index (χ0n) is 19.0. The summed E-state index contributed by atoms with van der Waals surface area (Å²) in [5, 5.41) is 0. The van der Waals surface area contributed by atoms with Gasteiger partial charge in [-0.1, -0.05) is 24.3 Å². The molecule has 0 spiro atoms. The molecule has 1 aliphatic rings. The van der Waals surface area contributed by atoms with Crippen LogP contribution in [0, 0.1) is 19.7 Å². The molecule has 5 nitrogen and oxygen atoms in total. The number of halogens is 1. The molecule has 2 heterocycles. The van der Waals surface area contributed by atoms with Crippen molar-refractivity contribution in [3.63, 3.8) is 0 Å². The number of rotatable bonds is 7. The maximum atomic E-state index is 13.8. The van der Waals surface area contributed by atoms with Crippen LogP contribution in [0.25, 0.3) is 5.57 Å². The Bertz CT molecular complexity index is 1220. The molecule has 3 aromatic rings. The smallest absolute Gasteiger partial charge is 0.282 e. The highest BCUT2D eigenvalue weighted by atomic mass is 19.1. The Labute approximate surface area is 193 Å². The van der Waals surface area contributed by atoms with Crippen molar-refractivity contribution in [3.8, 4) is 0 Å². The van der Waals surface area contributed by atoms with Crippen LogP contribution in [0.15, 0.2) is 72.7 Å². The first-order valence-corrected chi connectivity index (χ1v) is 11.0. The minimum Gasteiger partial charge on any atom is -0.366 e. The number of imide groups is 1. The van der Waals surface area contributed by atoms with Crippen molar-refractivity contribution in [2.75, 3.05) is 18.0 Å². The Kier molecular flexibility index (Phi) is 6.36. The summed E-state index contributed by atoms with van der Waals surface area (Å²) in [5.74, 6) is -1.14. The molecule has 168 valence electrons. The first-order chi connectivity index (χ1) is 15.9. The number of amides is 2. The SMILES string of the molecule is CCN(CCc1ccncc1)C1=C(c2ccc(F)cc2)C(=O)N(c2cccc(C)c2C)C1=O. The number of anilines is 1. The molecule has 2 aromatic carbocycles. The van der Waals surface area contributed by atoms with E-state index in [1.807, 2.05) is 49.9 Å². The molecular formula is C27H26FN3O2. The number of benzene rings is 2. The van der Waals surface area contributed by atoms with Gasteiger partial charge in [-0.15, -0.1) is 0 Å². The zero-order valence-corrected chi connectivity index (χ0v) is 19.0. The summed E-state index contributed by atoms with van der Waals surface area (Å²) in [6.07, 6.45) is 4.17. The minimum atomic E-state index is -0.394. The number of aryl methyl sites for hydroxylation is 1. The van der Waals surface area contributed by atoms with E-state index in [0.29, 0.717) is 42.0 Å². The highest BCUT2D eigenvalue weighted by molar-refractivity contribution is 6.45. The number of pyridine rings is 1. The van der Waals surface area contributed by atoms with Crippen LogP contribution in [-0.4, -0.2) is 34.8 Å². The van der Waals surface area contributed by atoms with E-state index in [9.17, 15) is 14.0 Å². The lowest BCUT2D eigenvalue weighted by Gasteiger charge is -2.25. The number of aromatic nitrogens is 1. The van der Waals surface area contributed by atoms with Crippen LogP contribution < -0.4 is 4.90 Å². The van der Waals surface area contributed by atoms with Gasteiger partial charge >= 0.3 is 0 Å². The quantitative estimate of drug-likeness (QED) is 0.498. The average Bonchev–Trinajstić information content (AvgIpc) is 3.07. The highest BCUT2D eigenvalue weighted by Gasteiger charge is 2.42. The lowest BCUT2D eigenvalue weighted by atomic mass is 10.0. The van der Waals surface area contributed by atoms with Crippen molar-refractivity contribution in [1.29, 1.82) is 0 Å². The molecule has 0 saturated heterocycles. The topological polar surface area (TPSA) is 53.5 Å². The van der Waals surface area contributed by atoms with Crippen molar-refractivity contribution in [1.82, 2.24) is 9.88 Å². The number of likely N-dealkylation sites (N-methyl/N-ethyl adjacent to an activating group) is 1. The highest BCUT2D eigenvalue weighted by Crippen LogP contribution is 2.36. The molecule has 0 radical (unpaired) electrons. The van der Waals surface area contributed by atoms with Gasteiger partial charge in [-0.25, -0.2) is 9.29 Å². The second-order valence-corrected chi connectivity index (χ2v) is 8.08. The summed E-state index contributed by atoms with van der Waals surface area (Å²) < 4.78 is 13.6. The minimum absolute atomic E-state index is 0.303. The molecule has 0 unspecified atom stereocenters. The fourth-order valence-corrected chi connectivity index (χ4v) is 4.13. The van der Waals surface area contributed by atoms with E-state index in [1.54, 1.807) is 30.6 Å². The van der Waals surface area contributed by atoms with E-state index in [0.717, 1.165) is 16.7 Å². The van der Waals surface area contributed by atoms with Crippen molar-refractivity contribution in [2.24, 2.45) is 0 Å². The Morgan fingerprint density at radius 3 is 2.30 bits per heavy atom. The van der Waals surface area contributed by atoms with Gasteiger partial charge in [-0.3, -0.25) is 14.6 Å². The average molecular weight is 444 g/mol. The third-order valence-electron chi connectivity index (χ3n) is 6.13. The second kappa shape index (κ2) is 9.36.